The number of benzene rings is 1. The van der Waals surface area contributed by atoms with Crippen molar-refractivity contribution in [3.63, 3.8) is 0 Å². The number of hydrogen-bond acceptors (Lipinski definition) is 4. The molecule has 0 bridgehead atoms. The Morgan fingerprint density at radius 3 is 2.58 bits per heavy atom. The van der Waals surface area contributed by atoms with Gasteiger partial charge >= 0.3 is 0 Å². The van der Waals surface area contributed by atoms with Crippen molar-refractivity contribution in [1.29, 1.82) is 0 Å². The van der Waals surface area contributed by atoms with E-state index < -0.39 is 0 Å². The summed E-state index contributed by atoms with van der Waals surface area (Å²) in [6, 6.07) is 11.8. The van der Waals surface area contributed by atoms with Gasteiger partial charge in [0.15, 0.2) is 3.77 Å². The Hall–Kier alpha value is -1.80. The molecule has 1 aliphatic heterocycles. The molecule has 1 N–H and O–H groups in total. The van der Waals surface area contributed by atoms with Crippen LogP contribution in [0.2, 0.25) is 0 Å². The van der Waals surface area contributed by atoms with E-state index >= 15 is 0 Å². The molecule has 1 fully saturated rings. The standard InChI is InChI=1S/C20H22INO4/c1-24-16-4-2-15(3-5-16)20(10-12-25-13-11-20)14-22-19(23)9-7-17-6-8-18(21)26-17/h2-9H,10-14H2,1H3,(H,22,23)/b9-7+. The molecule has 3 rings (SSSR count). The number of furan rings is 1. The van der Waals surface area contributed by atoms with Crippen LogP contribution in [0.4, 0.5) is 0 Å². The van der Waals surface area contributed by atoms with Crippen LogP contribution in [-0.4, -0.2) is 32.8 Å². The van der Waals surface area contributed by atoms with Gasteiger partial charge < -0.3 is 19.2 Å². The Bertz CT molecular complexity index is 760. The van der Waals surface area contributed by atoms with Gasteiger partial charge in [-0.3, -0.25) is 4.79 Å². The maximum absolute atomic E-state index is 12.2. The van der Waals surface area contributed by atoms with E-state index in [2.05, 4.69) is 40.0 Å². The zero-order chi connectivity index (χ0) is 18.4. The number of hydrogen-bond donors (Lipinski definition) is 1. The quantitative estimate of drug-likeness (QED) is 0.519. The molecule has 0 radical (unpaired) electrons. The van der Waals surface area contributed by atoms with Crippen LogP contribution < -0.4 is 10.1 Å². The van der Waals surface area contributed by atoms with Crippen LogP contribution in [0.5, 0.6) is 5.75 Å². The predicted octanol–water partition coefficient (Wildman–Crippen LogP) is 3.77. The third-order valence-corrected chi connectivity index (χ3v) is 5.33. The third-order valence-electron chi connectivity index (χ3n) is 4.75. The van der Waals surface area contributed by atoms with Crippen molar-refractivity contribution in [2.45, 2.75) is 18.3 Å². The summed E-state index contributed by atoms with van der Waals surface area (Å²) < 4.78 is 17.0. The highest BCUT2D eigenvalue weighted by Crippen LogP contribution is 2.35. The first kappa shape index (κ1) is 19.0. The van der Waals surface area contributed by atoms with Gasteiger partial charge in [-0.2, -0.15) is 0 Å². The SMILES string of the molecule is COc1ccc(C2(CNC(=O)/C=C/c3ccc(I)o3)CCOCC2)cc1. The molecule has 1 aromatic heterocycles. The first-order valence-corrected chi connectivity index (χ1v) is 9.63. The maximum atomic E-state index is 12.2. The van der Waals surface area contributed by atoms with Crippen LogP contribution in [0.3, 0.4) is 0 Å². The van der Waals surface area contributed by atoms with E-state index in [0.717, 1.165) is 22.4 Å². The van der Waals surface area contributed by atoms with Crippen molar-refractivity contribution in [2.75, 3.05) is 26.9 Å². The Labute approximate surface area is 166 Å². The van der Waals surface area contributed by atoms with Gasteiger partial charge in [-0.25, -0.2) is 0 Å². The Morgan fingerprint density at radius 1 is 1.23 bits per heavy atom. The first-order valence-electron chi connectivity index (χ1n) is 8.55. The summed E-state index contributed by atoms with van der Waals surface area (Å²) in [5, 5.41) is 3.04. The average molecular weight is 467 g/mol. The van der Waals surface area contributed by atoms with Crippen molar-refractivity contribution < 1.29 is 18.7 Å². The van der Waals surface area contributed by atoms with E-state index in [1.807, 2.05) is 24.3 Å². The Kier molecular flexibility index (Phi) is 6.37. The van der Waals surface area contributed by atoms with Crippen molar-refractivity contribution in [1.82, 2.24) is 5.32 Å². The minimum Gasteiger partial charge on any atom is -0.497 e. The lowest BCUT2D eigenvalue weighted by Gasteiger charge is -2.38. The van der Waals surface area contributed by atoms with Crippen LogP contribution in [-0.2, 0) is 14.9 Å². The summed E-state index contributed by atoms with van der Waals surface area (Å²) in [7, 11) is 1.66. The van der Waals surface area contributed by atoms with Gasteiger partial charge in [0.25, 0.3) is 0 Å². The average Bonchev–Trinajstić information content (AvgIpc) is 3.11. The van der Waals surface area contributed by atoms with Gasteiger partial charge in [-0.15, -0.1) is 0 Å². The van der Waals surface area contributed by atoms with Crippen LogP contribution in [0.15, 0.2) is 46.9 Å². The fourth-order valence-electron chi connectivity index (χ4n) is 3.17. The van der Waals surface area contributed by atoms with E-state index in [-0.39, 0.29) is 11.3 Å². The lowest BCUT2D eigenvalue weighted by atomic mass is 9.74. The zero-order valence-corrected chi connectivity index (χ0v) is 16.8. The summed E-state index contributed by atoms with van der Waals surface area (Å²) in [5.41, 5.74) is 1.08. The lowest BCUT2D eigenvalue weighted by Crippen LogP contribution is -2.44. The van der Waals surface area contributed by atoms with Crippen LogP contribution >= 0.6 is 22.6 Å². The number of carbonyl (C=O) groups is 1. The smallest absolute Gasteiger partial charge is 0.244 e. The molecule has 0 aliphatic carbocycles. The third kappa shape index (κ3) is 4.67. The van der Waals surface area contributed by atoms with Gasteiger partial charge in [0.1, 0.15) is 11.5 Å². The summed E-state index contributed by atoms with van der Waals surface area (Å²) >= 11 is 2.09. The van der Waals surface area contributed by atoms with Gasteiger partial charge in [-0.05, 0) is 71.3 Å². The minimum absolute atomic E-state index is 0.117. The zero-order valence-electron chi connectivity index (χ0n) is 14.7. The molecule has 138 valence electrons. The summed E-state index contributed by atoms with van der Waals surface area (Å²) in [4.78, 5) is 12.2. The maximum Gasteiger partial charge on any atom is 0.244 e. The van der Waals surface area contributed by atoms with Gasteiger partial charge in [0, 0.05) is 31.2 Å². The Balaban J connectivity index is 1.68. The number of halogens is 1. The summed E-state index contributed by atoms with van der Waals surface area (Å²) in [6.07, 6.45) is 4.94. The predicted molar refractivity (Wildman–Crippen MR) is 108 cm³/mol. The second kappa shape index (κ2) is 8.73. The van der Waals surface area contributed by atoms with E-state index in [9.17, 15) is 4.79 Å². The van der Waals surface area contributed by atoms with Crippen molar-refractivity contribution in [3.05, 3.63) is 57.6 Å². The number of amides is 1. The molecule has 6 heteroatoms. The van der Waals surface area contributed by atoms with Crippen LogP contribution in [0.1, 0.15) is 24.2 Å². The van der Waals surface area contributed by atoms with Gasteiger partial charge in [-0.1, -0.05) is 12.1 Å². The molecule has 26 heavy (non-hydrogen) atoms. The first-order chi connectivity index (χ1) is 12.6. The molecule has 0 saturated carbocycles. The molecule has 2 aromatic rings. The number of ether oxygens (including phenoxy) is 2. The molecule has 1 amide bonds. The number of nitrogens with one attached hydrogen (secondary N) is 1. The van der Waals surface area contributed by atoms with Gasteiger partial charge in [0.05, 0.1) is 7.11 Å². The van der Waals surface area contributed by atoms with Crippen molar-refractivity contribution in [3.8, 4) is 5.75 Å². The summed E-state index contributed by atoms with van der Waals surface area (Å²) in [6.45, 7) is 1.96. The normalized spacial score (nSPS) is 16.5. The number of methoxy groups -OCH3 is 1. The molecule has 1 aromatic carbocycles. The van der Waals surface area contributed by atoms with E-state index in [1.165, 1.54) is 11.6 Å². The largest absolute Gasteiger partial charge is 0.497 e. The highest BCUT2D eigenvalue weighted by molar-refractivity contribution is 14.1. The molecule has 0 atom stereocenters. The fraction of sp³-hybridized carbons (Fsp3) is 0.350. The number of carbonyl (C=O) groups excluding carboxylic acids is 1. The highest BCUT2D eigenvalue weighted by Gasteiger charge is 2.34. The topological polar surface area (TPSA) is 60.7 Å². The minimum atomic E-state index is -0.129. The molecular weight excluding hydrogens is 445 g/mol. The molecular formula is C20H22INO4. The summed E-state index contributed by atoms with van der Waals surface area (Å²) in [5.74, 6) is 1.37. The fourth-order valence-corrected chi connectivity index (χ4v) is 3.60. The molecule has 0 unspecified atom stereocenters. The van der Waals surface area contributed by atoms with E-state index in [0.29, 0.717) is 25.5 Å². The molecule has 0 spiro atoms. The molecule has 1 saturated heterocycles. The molecule has 2 heterocycles. The monoisotopic (exact) mass is 467 g/mol. The van der Waals surface area contributed by atoms with Crippen molar-refractivity contribution >= 4 is 34.6 Å². The molecule has 1 aliphatic rings. The molecule has 5 nitrogen and oxygen atoms in total. The van der Waals surface area contributed by atoms with Crippen molar-refractivity contribution in [2.24, 2.45) is 0 Å². The lowest BCUT2D eigenvalue weighted by molar-refractivity contribution is -0.116. The second-order valence-corrected chi connectivity index (χ2v) is 7.38. The highest BCUT2D eigenvalue weighted by atomic mass is 127. The van der Waals surface area contributed by atoms with E-state index in [1.54, 1.807) is 13.2 Å². The second-order valence-electron chi connectivity index (χ2n) is 6.31. The van der Waals surface area contributed by atoms with Crippen LogP contribution in [0.25, 0.3) is 6.08 Å². The van der Waals surface area contributed by atoms with Crippen LogP contribution in [0, 0.1) is 3.77 Å². The van der Waals surface area contributed by atoms with Gasteiger partial charge in [0.2, 0.25) is 5.91 Å². The van der Waals surface area contributed by atoms with E-state index in [4.69, 9.17) is 13.9 Å². The Morgan fingerprint density at radius 2 is 1.96 bits per heavy atom. The number of rotatable bonds is 6.